The van der Waals surface area contributed by atoms with Gasteiger partial charge in [0.2, 0.25) is 5.91 Å². The van der Waals surface area contributed by atoms with Crippen molar-refractivity contribution in [3.63, 3.8) is 0 Å². The fourth-order valence-electron chi connectivity index (χ4n) is 3.48. The molecular weight excluding hydrogens is 428 g/mol. The zero-order chi connectivity index (χ0) is 22.7. The van der Waals surface area contributed by atoms with E-state index in [0.29, 0.717) is 28.2 Å². The topological polar surface area (TPSA) is 86.0 Å². The Bertz CT molecular complexity index is 1420. The van der Waals surface area contributed by atoms with Crippen LogP contribution in [0.5, 0.6) is 0 Å². The standard InChI is InChI=1S/C24H21ClN4O3/c1-16-5-4-7-19-23(16)26-15-28(24(19)32)12-11-21(30)27-18-9-10-22(31)29(14-18)13-17-6-2-3-8-20(17)25/h2-10,14-15H,11-13H2,1H3,(H,27,30). The largest absolute Gasteiger partial charge is 0.325 e. The van der Waals surface area contributed by atoms with Gasteiger partial charge in [0.15, 0.2) is 0 Å². The molecule has 0 radical (unpaired) electrons. The Morgan fingerprint density at radius 1 is 1.03 bits per heavy atom. The highest BCUT2D eigenvalue weighted by Gasteiger charge is 2.09. The molecule has 7 nitrogen and oxygen atoms in total. The third-order valence-corrected chi connectivity index (χ3v) is 5.57. The minimum absolute atomic E-state index is 0.0859. The number of fused-ring (bicyclic) bond motifs is 1. The van der Waals surface area contributed by atoms with Crippen molar-refractivity contribution < 1.29 is 4.79 Å². The number of nitrogens with zero attached hydrogens (tertiary/aromatic N) is 3. The van der Waals surface area contributed by atoms with Gasteiger partial charge in [0, 0.05) is 30.3 Å². The second-order valence-electron chi connectivity index (χ2n) is 7.49. The minimum Gasteiger partial charge on any atom is -0.325 e. The molecule has 1 N–H and O–H groups in total. The molecule has 0 bridgehead atoms. The van der Waals surface area contributed by atoms with Gasteiger partial charge in [-0.3, -0.25) is 19.0 Å². The molecule has 32 heavy (non-hydrogen) atoms. The monoisotopic (exact) mass is 448 g/mol. The smallest absolute Gasteiger partial charge is 0.261 e. The van der Waals surface area contributed by atoms with Crippen LogP contribution >= 0.6 is 11.6 Å². The van der Waals surface area contributed by atoms with Crippen molar-refractivity contribution in [3.8, 4) is 0 Å². The van der Waals surface area contributed by atoms with E-state index >= 15 is 0 Å². The number of benzene rings is 2. The van der Waals surface area contributed by atoms with E-state index in [1.165, 1.54) is 21.5 Å². The van der Waals surface area contributed by atoms with Crippen LogP contribution in [0.4, 0.5) is 5.69 Å². The highest BCUT2D eigenvalue weighted by molar-refractivity contribution is 6.31. The van der Waals surface area contributed by atoms with Crippen molar-refractivity contribution in [3.05, 3.63) is 104 Å². The second kappa shape index (κ2) is 9.20. The van der Waals surface area contributed by atoms with Crippen molar-refractivity contribution in [1.29, 1.82) is 0 Å². The van der Waals surface area contributed by atoms with E-state index in [9.17, 15) is 14.4 Å². The zero-order valence-electron chi connectivity index (χ0n) is 17.4. The summed E-state index contributed by atoms with van der Waals surface area (Å²) in [6.07, 6.45) is 3.13. The lowest BCUT2D eigenvalue weighted by Crippen LogP contribution is -2.24. The molecule has 162 valence electrons. The number of rotatable bonds is 6. The van der Waals surface area contributed by atoms with Crippen LogP contribution in [0.2, 0.25) is 5.02 Å². The van der Waals surface area contributed by atoms with Crippen LogP contribution < -0.4 is 16.4 Å². The van der Waals surface area contributed by atoms with Gasteiger partial charge in [-0.15, -0.1) is 0 Å². The summed E-state index contributed by atoms with van der Waals surface area (Å²) in [6.45, 7) is 2.39. The van der Waals surface area contributed by atoms with Gasteiger partial charge in [0.1, 0.15) is 0 Å². The number of halogens is 1. The number of nitrogens with one attached hydrogen (secondary N) is 1. The predicted octanol–water partition coefficient (Wildman–Crippen LogP) is 3.60. The first kappa shape index (κ1) is 21.5. The summed E-state index contributed by atoms with van der Waals surface area (Å²) in [4.78, 5) is 41.7. The van der Waals surface area contributed by atoms with Gasteiger partial charge in [-0.2, -0.15) is 0 Å². The molecule has 0 saturated heterocycles. The maximum Gasteiger partial charge on any atom is 0.261 e. The van der Waals surface area contributed by atoms with Gasteiger partial charge in [-0.25, -0.2) is 4.98 Å². The Morgan fingerprint density at radius 2 is 1.84 bits per heavy atom. The minimum atomic E-state index is -0.274. The summed E-state index contributed by atoms with van der Waals surface area (Å²) >= 11 is 6.19. The quantitative estimate of drug-likeness (QED) is 0.488. The SMILES string of the molecule is Cc1cccc2c(=O)n(CCC(=O)Nc3ccc(=O)n(Cc4ccccc4Cl)c3)cnc12. The summed E-state index contributed by atoms with van der Waals surface area (Å²) in [5, 5.41) is 3.87. The lowest BCUT2D eigenvalue weighted by molar-refractivity contribution is -0.116. The Labute approximate surface area is 188 Å². The first-order chi connectivity index (χ1) is 15.4. The van der Waals surface area contributed by atoms with E-state index in [2.05, 4.69) is 10.3 Å². The molecule has 2 aromatic carbocycles. The summed E-state index contributed by atoms with van der Waals surface area (Å²) in [7, 11) is 0. The number of anilines is 1. The molecule has 4 aromatic rings. The highest BCUT2D eigenvalue weighted by atomic mass is 35.5. The van der Waals surface area contributed by atoms with Crippen LogP contribution in [0.15, 0.2) is 76.7 Å². The first-order valence-electron chi connectivity index (χ1n) is 10.1. The van der Waals surface area contributed by atoms with E-state index < -0.39 is 0 Å². The molecule has 2 heterocycles. The average Bonchev–Trinajstić information content (AvgIpc) is 2.77. The summed E-state index contributed by atoms with van der Waals surface area (Å²) in [5.74, 6) is -0.274. The van der Waals surface area contributed by atoms with Gasteiger partial charge in [0.25, 0.3) is 11.1 Å². The Kier molecular flexibility index (Phi) is 6.18. The second-order valence-corrected chi connectivity index (χ2v) is 7.89. The maximum absolute atomic E-state index is 12.7. The van der Waals surface area contributed by atoms with Crippen molar-refractivity contribution in [2.45, 2.75) is 26.4 Å². The third kappa shape index (κ3) is 4.63. The molecule has 0 atom stereocenters. The van der Waals surface area contributed by atoms with Gasteiger partial charge in [-0.1, -0.05) is 41.9 Å². The van der Waals surface area contributed by atoms with Crippen LogP contribution in [0.25, 0.3) is 10.9 Å². The highest BCUT2D eigenvalue weighted by Crippen LogP contribution is 2.16. The number of carbonyl (C=O) groups excluding carboxylic acids is 1. The molecule has 0 unspecified atom stereocenters. The van der Waals surface area contributed by atoms with E-state index in [4.69, 9.17) is 11.6 Å². The molecule has 0 aliphatic carbocycles. The van der Waals surface area contributed by atoms with Gasteiger partial charge < -0.3 is 9.88 Å². The molecule has 0 spiro atoms. The van der Waals surface area contributed by atoms with Crippen LogP contribution in [-0.4, -0.2) is 20.0 Å². The van der Waals surface area contributed by atoms with Gasteiger partial charge in [0.05, 0.1) is 29.5 Å². The number of aromatic nitrogens is 3. The molecule has 0 aliphatic heterocycles. The Balaban J connectivity index is 1.45. The number of hydrogen-bond donors (Lipinski definition) is 1. The molecule has 8 heteroatoms. The van der Waals surface area contributed by atoms with Crippen LogP contribution in [0, 0.1) is 6.92 Å². The number of para-hydroxylation sites is 1. The number of carbonyl (C=O) groups is 1. The summed E-state index contributed by atoms with van der Waals surface area (Å²) < 4.78 is 2.91. The van der Waals surface area contributed by atoms with Gasteiger partial charge >= 0.3 is 0 Å². The zero-order valence-corrected chi connectivity index (χ0v) is 18.2. The lowest BCUT2D eigenvalue weighted by Gasteiger charge is -2.11. The normalized spacial score (nSPS) is 10.9. The maximum atomic E-state index is 12.7. The van der Waals surface area contributed by atoms with E-state index in [1.54, 1.807) is 24.4 Å². The molecule has 0 saturated carbocycles. The summed E-state index contributed by atoms with van der Waals surface area (Å²) in [6, 6.07) is 15.7. The molecule has 2 aromatic heterocycles. The van der Waals surface area contributed by atoms with Crippen LogP contribution in [0.1, 0.15) is 17.5 Å². The average molecular weight is 449 g/mol. The van der Waals surface area contributed by atoms with Crippen LogP contribution in [-0.2, 0) is 17.9 Å². The molecule has 0 fully saturated rings. The third-order valence-electron chi connectivity index (χ3n) is 5.20. The fourth-order valence-corrected chi connectivity index (χ4v) is 3.68. The Morgan fingerprint density at radius 3 is 2.66 bits per heavy atom. The van der Waals surface area contributed by atoms with E-state index in [0.717, 1.165) is 11.1 Å². The summed E-state index contributed by atoms with van der Waals surface area (Å²) in [5.41, 5.74) is 2.50. The Hall–Kier alpha value is -3.71. The molecule has 0 aliphatic rings. The lowest BCUT2D eigenvalue weighted by atomic mass is 10.1. The van der Waals surface area contributed by atoms with Crippen molar-refractivity contribution in [2.24, 2.45) is 0 Å². The molecular formula is C24H21ClN4O3. The van der Waals surface area contributed by atoms with Crippen molar-refractivity contribution in [2.75, 3.05) is 5.32 Å². The number of amides is 1. The predicted molar refractivity (Wildman–Crippen MR) is 125 cm³/mol. The van der Waals surface area contributed by atoms with Crippen molar-refractivity contribution >= 4 is 34.1 Å². The van der Waals surface area contributed by atoms with Crippen LogP contribution in [0.3, 0.4) is 0 Å². The molecule has 4 rings (SSSR count). The van der Waals surface area contributed by atoms with Gasteiger partial charge in [-0.05, 0) is 36.2 Å². The number of hydrogen-bond acceptors (Lipinski definition) is 4. The van der Waals surface area contributed by atoms with E-state index in [-0.39, 0.29) is 30.0 Å². The fraction of sp³-hybridized carbons (Fsp3) is 0.167. The van der Waals surface area contributed by atoms with Crippen molar-refractivity contribution in [1.82, 2.24) is 14.1 Å². The molecule has 1 amide bonds. The number of pyridine rings is 1. The van der Waals surface area contributed by atoms with E-state index in [1.807, 2.05) is 37.3 Å². The first-order valence-corrected chi connectivity index (χ1v) is 10.5. The number of aryl methyl sites for hydroxylation is 2.